The van der Waals surface area contributed by atoms with Crippen LogP contribution in [0, 0.1) is 46.8 Å². The first kappa shape index (κ1) is 21.6. The van der Waals surface area contributed by atoms with Gasteiger partial charge >= 0.3 is 6.16 Å². The number of aliphatic hydroxyl groups is 3. The van der Waals surface area contributed by atoms with Crippen LogP contribution in [0.2, 0.25) is 0 Å². The number of methoxy groups -OCH3 is 1. The molecule has 0 saturated heterocycles. The van der Waals surface area contributed by atoms with E-state index < -0.39 is 41.1 Å². The summed E-state index contributed by atoms with van der Waals surface area (Å²) in [6, 6.07) is 0. The summed E-state index contributed by atoms with van der Waals surface area (Å²) in [5.41, 5.74) is -3.08. The zero-order chi connectivity index (χ0) is 22.1. The van der Waals surface area contributed by atoms with Gasteiger partial charge in [-0.3, -0.25) is 4.79 Å². The van der Waals surface area contributed by atoms with Crippen LogP contribution in [0.1, 0.15) is 52.4 Å². The van der Waals surface area contributed by atoms with Crippen molar-refractivity contribution in [1.82, 2.24) is 0 Å². The van der Waals surface area contributed by atoms with E-state index in [-0.39, 0.29) is 29.3 Å². The molecule has 7 heteroatoms. The summed E-state index contributed by atoms with van der Waals surface area (Å²) in [6.45, 7) is 4.00. The molecule has 0 aromatic rings. The SMILES string of the molecule is C#C[C@]1(O)C(=O)[C@@H](O)C2C3C(CC[C@@]21C)[C@@]1(C)CC[C@H](OC(=O)OC)C[C@@H]1C[C@@H]3O. The number of hydrogen-bond donors (Lipinski definition) is 3. The van der Waals surface area contributed by atoms with Gasteiger partial charge < -0.3 is 24.8 Å². The highest BCUT2D eigenvalue weighted by molar-refractivity contribution is 5.98. The second-order valence-electron chi connectivity index (χ2n) is 10.3. The third kappa shape index (κ3) is 2.63. The van der Waals surface area contributed by atoms with Gasteiger partial charge in [-0.2, -0.15) is 0 Å². The van der Waals surface area contributed by atoms with Gasteiger partial charge in [-0.15, -0.1) is 6.42 Å². The summed E-state index contributed by atoms with van der Waals surface area (Å²) in [6.07, 6.45) is 6.45. The van der Waals surface area contributed by atoms with Crippen molar-refractivity contribution in [3.8, 4) is 12.3 Å². The third-order valence-corrected chi connectivity index (χ3v) is 9.32. The molecule has 0 aliphatic heterocycles. The van der Waals surface area contributed by atoms with Crippen molar-refractivity contribution >= 4 is 11.9 Å². The molecule has 0 aromatic carbocycles. The third-order valence-electron chi connectivity index (χ3n) is 9.32. The number of terminal acetylenes is 1. The maximum Gasteiger partial charge on any atom is 0.508 e. The van der Waals surface area contributed by atoms with Crippen molar-refractivity contribution < 1.29 is 34.4 Å². The van der Waals surface area contributed by atoms with Crippen molar-refractivity contribution in [1.29, 1.82) is 0 Å². The average molecular weight is 421 g/mol. The highest BCUT2D eigenvalue weighted by atomic mass is 16.7. The summed E-state index contributed by atoms with van der Waals surface area (Å²) in [4.78, 5) is 24.3. The van der Waals surface area contributed by atoms with Crippen LogP contribution in [0.15, 0.2) is 0 Å². The number of Topliss-reactive ketones (excluding diaryl/α,β-unsaturated/α-hetero) is 1. The molecule has 3 unspecified atom stereocenters. The van der Waals surface area contributed by atoms with Gasteiger partial charge in [-0.05, 0) is 61.7 Å². The van der Waals surface area contributed by atoms with Crippen molar-refractivity contribution in [2.24, 2.45) is 34.5 Å². The summed E-state index contributed by atoms with van der Waals surface area (Å²) >= 11 is 0. The van der Waals surface area contributed by atoms with Crippen LogP contribution in [0.4, 0.5) is 4.79 Å². The second kappa shape index (κ2) is 6.94. The minimum absolute atomic E-state index is 0.0889. The Labute approximate surface area is 177 Å². The maximum absolute atomic E-state index is 12.8. The number of ether oxygens (including phenoxy) is 2. The van der Waals surface area contributed by atoms with Gasteiger partial charge in [0.2, 0.25) is 5.78 Å². The van der Waals surface area contributed by atoms with Crippen LogP contribution in [0.3, 0.4) is 0 Å². The average Bonchev–Trinajstić information content (AvgIpc) is 2.87. The first-order valence-corrected chi connectivity index (χ1v) is 10.9. The summed E-state index contributed by atoms with van der Waals surface area (Å²) in [5.74, 6) is 0.902. The molecule has 0 bridgehead atoms. The van der Waals surface area contributed by atoms with E-state index in [0.717, 1.165) is 6.42 Å². The molecule has 4 saturated carbocycles. The quantitative estimate of drug-likeness (QED) is 0.437. The minimum Gasteiger partial charge on any atom is -0.438 e. The number of aliphatic hydroxyl groups excluding tert-OH is 2. The minimum atomic E-state index is -2.01. The number of rotatable bonds is 1. The fourth-order valence-electron chi connectivity index (χ4n) is 7.62. The van der Waals surface area contributed by atoms with E-state index in [2.05, 4.69) is 17.6 Å². The molecule has 4 aliphatic rings. The summed E-state index contributed by atoms with van der Waals surface area (Å²) in [5, 5.41) is 33.1. The predicted molar refractivity (Wildman–Crippen MR) is 106 cm³/mol. The van der Waals surface area contributed by atoms with E-state index in [0.29, 0.717) is 32.1 Å². The van der Waals surface area contributed by atoms with Crippen molar-refractivity contribution in [2.45, 2.75) is 76.3 Å². The van der Waals surface area contributed by atoms with E-state index in [1.807, 2.05) is 0 Å². The van der Waals surface area contributed by atoms with E-state index in [1.165, 1.54) is 7.11 Å². The lowest BCUT2D eigenvalue weighted by Gasteiger charge is -2.62. The Bertz CT molecular complexity index is 789. The molecule has 0 radical (unpaired) electrons. The standard InChI is InChI=1S/C23H32O7/c1-5-23(28)19(26)18(25)17-16-14(7-9-22(17,23)3)21(2)8-6-13(30-20(27)29-4)10-12(21)11-15(16)24/h1,12-18,24-25,28H,6-11H2,2-4H3/t12-,13+,14?,15+,16?,17?,18+,21+,22+,23+/m1/s1. The van der Waals surface area contributed by atoms with Crippen molar-refractivity contribution in [2.75, 3.05) is 7.11 Å². The van der Waals surface area contributed by atoms with Crippen LogP contribution in [0.5, 0.6) is 0 Å². The van der Waals surface area contributed by atoms with Gasteiger partial charge in [0.05, 0.1) is 13.2 Å². The molecule has 30 heavy (non-hydrogen) atoms. The van der Waals surface area contributed by atoms with E-state index >= 15 is 0 Å². The molecule has 10 atom stereocenters. The molecule has 0 amide bonds. The van der Waals surface area contributed by atoms with Crippen LogP contribution in [-0.4, -0.2) is 58.3 Å². The fraction of sp³-hybridized carbons (Fsp3) is 0.826. The number of fused-ring (bicyclic) bond motifs is 5. The topological polar surface area (TPSA) is 113 Å². The Morgan fingerprint density at radius 1 is 1.20 bits per heavy atom. The van der Waals surface area contributed by atoms with Crippen LogP contribution in [-0.2, 0) is 14.3 Å². The molecule has 4 rings (SSSR count). The molecule has 3 N–H and O–H groups in total. The number of carbonyl (C=O) groups is 2. The zero-order valence-corrected chi connectivity index (χ0v) is 17.8. The lowest BCUT2D eigenvalue weighted by atomic mass is 9.43. The van der Waals surface area contributed by atoms with Crippen LogP contribution < -0.4 is 0 Å². The van der Waals surface area contributed by atoms with E-state index in [1.54, 1.807) is 6.92 Å². The second-order valence-corrected chi connectivity index (χ2v) is 10.3. The summed E-state index contributed by atoms with van der Waals surface area (Å²) in [7, 11) is 1.29. The largest absolute Gasteiger partial charge is 0.508 e. The molecule has 4 fully saturated rings. The molecular formula is C23H32O7. The predicted octanol–water partition coefficient (Wildman–Crippen LogP) is 1.67. The van der Waals surface area contributed by atoms with Crippen molar-refractivity contribution in [3.63, 3.8) is 0 Å². The molecule has 0 spiro atoms. The number of ketones is 1. The van der Waals surface area contributed by atoms with E-state index in [4.69, 9.17) is 11.2 Å². The smallest absolute Gasteiger partial charge is 0.438 e. The van der Waals surface area contributed by atoms with Gasteiger partial charge in [-0.1, -0.05) is 19.8 Å². The normalized spacial score (nSPS) is 52.4. The van der Waals surface area contributed by atoms with Crippen molar-refractivity contribution in [3.05, 3.63) is 0 Å². The Balaban J connectivity index is 1.64. The summed E-state index contributed by atoms with van der Waals surface area (Å²) < 4.78 is 10.0. The monoisotopic (exact) mass is 420 g/mol. The molecule has 166 valence electrons. The molecule has 0 aromatic heterocycles. The lowest BCUT2D eigenvalue weighted by molar-refractivity contribution is -0.193. The Morgan fingerprint density at radius 3 is 2.53 bits per heavy atom. The Morgan fingerprint density at radius 2 is 1.90 bits per heavy atom. The lowest BCUT2D eigenvalue weighted by Crippen LogP contribution is -2.61. The van der Waals surface area contributed by atoms with Gasteiger partial charge in [0.25, 0.3) is 0 Å². The maximum atomic E-state index is 12.8. The molecule has 4 aliphatic carbocycles. The first-order chi connectivity index (χ1) is 14.0. The van der Waals surface area contributed by atoms with Gasteiger partial charge in [0, 0.05) is 11.3 Å². The first-order valence-electron chi connectivity index (χ1n) is 10.9. The van der Waals surface area contributed by atoms with Crippen LogP contribution >= 0.6 is 0 Å². The Kier molecular flexibility index (Phi) is 5.00. The van der Waals surface area contributed by atoms with E-state index in [9.17, 15) is 24.9 Å². The van der Waals surface area contributed by atoms with Crippen LogP contribution in [0.25, 0.3) is 0 Å². The van der Waals surface area contributed by atoms with Gasteiger partial charge in [-0.25, -0.2) is 4.79 Å². The van der Waals surface area contributed by atoms with Gasteiger partial charge in [0.1, 0.15) is 12.2 Å². The highest BCUT2D eigenvalue weighted by Crippen LogP contribution is 2.67. The molecule has 7 nitrogen and oxygen atoms in total. The Hall–Kier alpha value is -1.62. The zero-order valence-electron chi connectivity index (χ0n) is 17.8. The number of hydrogen-bond acceptors (Lipinski definition) is 7. The molecule has 0 heterocycles. The molecular weight excluding hydrogens is 388 g/mol. The number of carbonyl (C=O) groups excluding carboxylic acids is 2. The fourth-order valence-corrected chi connectivity index (χ4v) is 7.62. The van der Waals surface area contributed by atoms with Gasteiger partial charge in [0.15, 0.2) is 5.60 Å². The highest BCUT2D eigenvalue weighted by Gasteiger charge is 2.72.